The van der Waals surface area contributed by atoms with Crippen LogP contribution in [0, 0.1) is 17.8 Å². The molecular formula is C18H32N4O3S. The Labute approximate surface area is 157 Å². The Hall–Kier alpha value is -0.860. The molecule has 4 aliphatic rings. The molecule has 0 spiro atoms. The molecule has 4 rings (SSSR count). The fourth-order valence-electron chi connectivity index (χ4n) is 5.20. The number of piperidine rings is 1. The molecule has 4 saturated heterocycles. The Bertz CT molecular complexity index is 627. The SMILES string of the molecule is CCNC(=NCC1CCN(S(C)(=O)=O)CC1)N1CC2C3CCC(O3)C2C1. The Morgan fingerprint density at radius 2 is 1.73 bits per heavy atom. The largest absolute Gasteiger partial charge is 0.374 e. The van der Waals surface area contributed by atoms with Crippen LogP contribution < -0.4 is 5.32 Å². The molecule has 7 nitrogen and oxygen atoms in total. The van der Waals surface area contributed by atoms with Crippen molar-refractivity contribution in [2.45, 2.75) is 44.8 Å². The molecule has 2 bridgehead atoms. The number of guanidine groups is 1. The van der Waals surface area contributed by atoms with Gasteiger partial charge in [0.25, 0.3) is 0 Å². The molecule has 148 valence electrons. The van der Waals surface area contributed by atoms with Crippen LogP contribution in [0.4, 0.5) is 0 Å². The van der Waals surface area contributed by atoms with E-state index in [1.165, 1.54) is 19.1 Å². The molecule has 4 fully saturated rings. The van der Waals surface area contributed by atoms with Gasteiger partial charge in [-0.25, -0.2) is 12.7 Å². The van der Waals surface area contributed by atoms with E-state index in [4.69, 9.17) is 9.73 Å². The van der Waals surface area contributed by atoms with Gasteiger partial charge in [0.2, 0.25) is 10.0 Å². The van der Waals surface area contributed by atoms with Crippen LogP contribution in [0.5, 0.6) is 0 Å². The maximum Gasteiger partial charge on any atom is 0.211 e. The lowest BCUT2D eigenvalue weighted by molar-refractivity contribution is 0.0767. The van der Waals surface area contributed by atoms with Crippen molar-refractivity contribution in [3.05, 3.63) is 0 Å². The van der Waals surface area contributed by atoms with Gasteiger partial charge < -0.3 is 15.0 Å². The third-order valence-electron chi connectivity index (χ3n) is 6.63. The fraction of sp³-hybridized carbons (Fsp3) is 0.944. The van der Waals surface area contributed by atoms with Crippen molar-refractivity contribution in [2.24, 2.45) is 22.7 Å². The number of likely N-dealkylation sites (tertiary alicyclic amines) is 1. The smallest absolute Gasteiger partial charge is 0.211 e. The first-order valence-electron chi connectivity index (χ1n) is 10.1. The zero-order valence-corrected chi connectivity index (χ0v) is 16.7. The highest BCUT2D eigenvalue weighted by atomic mass is 32.2. The van der Waals surface area contributed by atoms with E-state index in [9.17, 15) is 8.42 Å². The van der Waals surface area contributed by atoms with Crippen LogP contribution in [0.2, 0.25) is 0 Å². The number of hydrogen-bond acceptors (Lipinski definition) is 4. The third-order valence-corrected chi connectivity index (χ3v) is 7.93. The fourth-order valence-corrected chi connectivity index (χ4v) is 6.07. The minimum Gasteiger partial charge on any atom is -0.374 e. The van der Waals surface area contributed by atoms with Gasteiger partial charge >= 0.3 is 0 Å². The summed E-state index contributed by atoms with van der Waals surface area (Å²) in [5.74, 6) is 2.86. The van der Waals surface area contributed by atoms with Gasteiger partial charge in [0.05, 0.1) is 18.5 Å². The van der Waals surface area contributed by atoms with Crippen molar-refractivity contribution in [1.29, 1.82) is 0 Å². The Balaban J connectivity index is 1.34. The molecule has 0 aromatic rings. The summed E-state index contributed by atoms with van der Waals surface area (Å²) in [5, 5.41) is 3.47. The average molecular weight is 385 g/mol. The normalized spacial score (nSPS) is 35.9. The first-order valence-corrected chi connectivity index (χ1v) is 11.9. The molecule has 0 aliphatic carbocycles. The lowest BCUT2D eigenvalue weighted by atomic mass is 9.82. The van der Waals surface area contributed by atoms with Gasteiger partial charge in [-0.2, -0.15) is 0 Å². The topological polar surface area (TPSA) is 74.2 Å². The minimum atomic E-state index is -3.05. The summed E-state index contributed by atoms with van der Waals surface area (Å²) in [4.78, 5) is 7.36. The molecule has 1 N–H and O–H groups in total. The van der Waals surface area contributed by atoms with Crippen molar-refractivity contribution >= 4 is 16.0 Å². The number of ether oxygens (including phenoxy) is 1. The van der Waals surface area contributed by atoms with Crippen LogP contribution in [0.3, 0.4) is 0 Å². The predicted molar refractivity (Wildman–Crippen MR) is 102 cm³/mol. The standard InChI is InChI=1S/C18H32N4O3S/c1-3-19-18(20-10-13-6-8-22(9-7-13)26(2,23)24)21-11-14-15(12-21)17-5-4-16(14)25-17/h13-17H,3-12H2,1-2H3,(H,19,20). The van der Waals surface area contributed by atoms with Gasteiger partial charge in [-0.05, 0) is 38.5 Å². The number of rotatable bonds is 4. The quantitative estimate of drug-likeness (QED) is 0.571. The Morgan fingerprint density at radius 1 is 1.12 bits per heavy atom. The average Bonchev–Trinajstić information content (AvgIpc) is 3.30. The highest BCUT2D eigenvalue weighted by molar-refractivity contribution is 7.88. The molecule has 0 saturated carbocycles. The van der Waals surface area contributed by atoms with Crippen LogP contribution in [0.15, 0.2) is 4.99 Å². The molecule has 0 amide bonds. The number of nitrogens with one attached hydrogen (secondary N) is 1. The molecule has 4 atom stereocenters. The lowest BCUT2D eigenvalue weighted by Gasteiger charge is -2.30. The molecule has 0 radical (unpaired) electrons. The summed E-state index contributed by atoms with van der Waals surface area (Å²) in [6, 6.07) is 0. The van der Waals surface area contributed by atoms with Crippen molar-refractivity contribution in [3.8, 4) is 0 Å². The first kappa shape index (κ1) is 18.5. The monoisotopic (exact) mass is 384 g/mol. The van der Waals surface area contributed by atoms with Gasteiger partial charge in [0.1, 0.15) is 0 Å². The second-order valence-corrected chi connectivity index (χ2v) is 10.3. The van der Waals surface area contributed by atoms with E-state index < -0.39 is 10.0 Å². The minimum absolute atomic E-state index is 0.471. The van der Waals surface area contributed by atoms with E-state index in [1.54, 1.807) is 4.31 Å². The summed E-state index contributed by atoms with van der Waals surface area (Å²) < 4.78 is 31.0. The zero-order valence-electron chi connectivity index (χ0n) is 15.9. The molecular weight excluding hydrogens is 352 g/mol. The van der Waals surface area contributed by atoms with Gasteiger partial charge in [0, 0.05) is 51.1 Å². The van der Waals surface area contributed by atoms with Gasteiger partial charge in [-0.3, -0.25) is 4.99 Å². The van der Waals surface area contributed by atoms with Crippen LogP contribution in [0.25, 0.3) is 0 Å². The third kappa shape index (κ3) is 3.60. The molecule has 4 heterocycles. The van der Waals surface area contributed by atoms with E-state index in [0.29, 0.717) is 43.1 Å². The summed E-state index contributed by atoms with van der Waals surface area (Å²) in [6.07, 6.45) is 6.50. The lowest BCUT2D eigenvalue weighted by Crippen LogP contribution is -2.42. The van der Waals surface area contributed by atoms with Crippen molar-refractivity contribution in [1.82, 2.24) is 14.5 Å². The predicted octanol–water partition coefficient (Wildman–Crippen LogP) is 0.733. The second-order valence-electron chi connectivity index (χ2n) is 8.32. The maximum atomic E-state index is 11.6. The molecule has 26 heavy (non-hydrogen) atoms. The molecule has 8 heteroatoms. The van der Waals surface area contributed by atoms with Crippen molar-refractivity contribution in [2.75, 3.05) is 45.5 Å². The summed E-state index contributed by atoms with van der Waals surface area (Å²) >= 11 is 0. The highest BCUT2D eigenvalue weighted by Gasteiger charge is 2.53. The van der Waals surface area contributed by atoms with E-state index in [-0.39, 0.29) is 0 Å². The van der Waals surface area contributed by atoms with E-state index in [1.807, 2.05) is 0 Å². The second kappa shape index (κ2) is 7.28. The number of sulfonamides is 1. The van der Waals surface area contributed by atoms with Gasteiger partial charge in [0.15, 0.2) is 5.96 Å². The number of hydrogen-bond donors (Lipinski definition) is 1. The summed E-state index contributed by atoms with van der Waals surface area (Å²) in [7, 11) is -3.05. The van der Waals surface area contributed by atoms with E-state index >= 15 is 0 Å². The number of nitrogens with zero attached hydrogens (tertiary/aromatic N) is 3. The van der Waals surface area contributed by atoms with E-state index in [2.05, 4.69) is 17.1 Å². The highest BCUT2D eigenvalue weighted by Crippen LogP contribution is 2.47. The molecule has 0 aromatic heterocycles. The number of aliphatic imine (C=N–C) groups is 1. The van der Waals surface area contributed by atoms with Crippen LogP contribution in [-0.2, 0) is 14.8 Å². The first-order chi connectivity index (χ1) is 12.5. The summed E-state index contributed by atoms with van der Waals surface area (Å²) in [5.41, 5.74) is 0. The van der Waals surface area contributed by atoms with Crippen molar-refractivity contribution < 1.29 is 13.2 Å². The maximum absolute atomic E-state index is 11.6. The van der Waals surface area contributed by atoms with Gasteiger partial charge in [-0.15, -0.1) is 0 Å². The van der Waals surface area contributed by atoms with Crippen LogP contribution in [-0.4, -0.2) is 81.3 Å². The molecule has 0 aromatic carbocycles. The van der Waals surface area contributed by atoms with Gasteiger partial charge in [-0.1, -0.05) is 0 Å². The molecule has 4 aliphatic heterocycles. The van der Waals surface area contributed by atoms with Crippen LogP contribution >= 0.6 is 0 Å². The van der Waals surface area contributed by atoms with Crippen LogP contribution in [0.1, 0.15) is 32.6 Å². The molecule has 4 unspecified atom stereocenters. The van der Waals surface area contributed by atoms with Crippen molar-refractivity contribution in [3.63, 3.8) is 0 Å². The Morgan fingerprint density at radius 3 is 2.27 bits per heavy atom. The zero-order chi connectivity index (χ0) is 18.3. The van der Waals surface area contributed by atoms with E-state index in [0.717, 1.165) is 45.0 Å². The number of fused-ring (bicyclic) bond motifs is 5. The summed E-state index contributed by atoms with van der Waals surface area (Å²) in [6.45, 7) is 7.15. The Kier molecular flexibility index (Phi) is 5.18.